The van der Waals surface area contributed by atoms with Gasteiger partial charge in [-0.3, -0.25) is 0 Å². The SMILES string of the molecule is CCCCCCCCCCCCCCOC(CCBr)OCCCCCCCCCCCCCC. The average molecular weight is 548 g/mol. The molecule has 0 bridgehead atoms. The first kappa shape index (κ1) is 34.4. The highest BCUT2D eigenvalue weighted by Crippen LogP contribution is 2.14. The molecule has 0 aliphatic carbocycles. The van der Waals surface area contributed by atoms with Gasteiger partial charge in [0.15, 0.2) is 6.29 Å². The molecule has 0 aromatic carbocycles. The van der Waals surface area contributed by atoms with Crippen LogP contribution >= 0.6 is 15.9 Å². The minimum atomic E-state index is -0.0141. The molecule has 0 unspecified atom stereocenters. The van der Waals surface area contributed by atoms with Gasteiger partial charge in [-0.1, -0.05) is 171 Å². The highest BCUT2D eigenvalue weighted by atomic mass is 79.9. The van der Waals surface area contributed by atoms with E-state index in [4.69, 9.17) is 9.47 Å². The van der Waals surface area contributed by atoms with Crippen LogP contribution in [-0.4, -0.2) is 24.8 Å². The van der Waals surface area contributed by atoms with Gasteiger partial charge in [0.05, 0.1) is 0 Å². The fourth-order valence-electron chi connectivity index (χ4n) is 4.62. The van der Waals surface area contributed by atoms with E-state index in [0.717, 1.165) is 25.0 Å². The van der Waals surface area contributed by atoms with Gasteiger partial charge >= 0.3 is 0 Å². The highest BCUT2D eigenvalue weighted by molar-refractivity contribution is 9.09. The van der Waals surface area contributed by atoms with Crippen molar-refractivity contribution in [3.63, 3.8) is 0 Å². The molecule has 34 heavy (non-hydrogen) atoms. The zero-order valence-corrected chi connectivity index (χ0v) is 25.2. The summed E-state index contributed by atoms with van der Waals surface area (Å²) in [5, 5.41) is 0.953. The largest absolute Gasteiger partial charge is 0.353 e. The van der Waals surface area contributed by atoms with Gasteiger partial charge in [-0.2, -0.15) is 0 Å². The molecular formula is C31H63BrO2. The quantitative estimate of drug-likeness (QED) is 0.0506. The average Bonchev–Trinajstić information content (AvgIpc) is 2.84. The zero-order valence-electron chi connectivity index (χ0n) is 23.6. The number of halogens is 1. The highest BCUT2D eigenvalue weighted by Gasteiger charge is 2.08. The van der Waals surface area contributed by atoms with Crippen molar-refractivity contribution < 1.29 is 9.47 Å². The number of hydrogen-bond acceptors (Lipinski definition) is 2. The molecule has 0 amide bonds. The second-order valence-corrected chi connectivity index (χ2v) is 11.2. The van der Waals surface area contributed by atoms with Crippen LogP contribution in [0.15, 0.2) is 0 Å². The number of rotatable bonds is 30. The summed E-state index contributed by atoms with van der Waals surface area (Å²) in [5.74, 6) is 0. The monoisotopic (exact) mass is 546 g/mol. The van der Waals surface area contributed by atoms with Gasteiger partial charge in [-0.25, -0.2) is 0 Å². The van der Waals surface area contributed by atoms with Crippen molar-refractivity contribution in [2.75, 3.05) is 18.5 Å². The third-order valence-electron chi connectivity index (χ3n) is 6.95. The summed E-state index contributed by atoms with van der Waals surface area (Å²) in [6, 6.07) is 0. The fraction of sp³-hybridized carbons (Fsp3) is 1.00. The normalized spacial score (nSPS) is 11.6. The minimum absolute atomic E-state index is 0.0141. The number of hydrogen-bond donors (Lipinski definition) is 0. The van der Waals surface area contributed by atoms with Crippen molar-refractivity contribution in [3.8, 4) is 0 Å². The fourth-order valence-corrected chi connectivity index (χ4v) is 4.99. The predicted molar refractivity (Wildman–Crippen MR) is 156 cm³/mol. The molecule has 0 saturated carbocycles. The maximum absolute atomic E-state index is 6.03. The van der Waals surface area contributed by atoms with Crippen molar-refractivity contribution in [2.24, 2.45) is 0 Å². The van der Waals surface area contributed by atoms with Gasteiger partial charge < -0.3 is 9.47 Å². The minimum Gasteiger partial charge on any atom is -0.353 e. The first-order chi connectivity index (χ1) is 16.8. The van der Waals surface area contributed by atoms with Crippen LogP contribution in [0.2, 0.25) is 0 Å². The van der Waals surface area contributed by atoms with Gasteiger partial charge in [0.25, 0.3) is 0 Å². The van der Waals surface area contributed by atoms with Crippen LogP contribution in [0.25, 0.3) is 0 Å². The molecule has 0 saturated heterocycles. The summed E-state index contributed by atoms with van der Waals surface area (Å²) in [6.07, 6.45) is 34.2. The van der Waals surface area contributed by atoms with Crippen LogP contribution in [0.4, 0.5) is 0 Å². The third-order valence-corrected chi connectivity index (χ3v) is 7.41. The molecule has 0 heterocycles. The predicted octanol–water partition coefficient (Wildman–Crippen LogP) is 11.5. The van der Waals surface area contributed by atoms with Gasteiger partial charge in [0.1, 0.15) is 0 Å². The van der Waals surface area contributed by atoms with Gasteiger partial charge in [-0.15, -0.1) is 0 Å². The smallest absolute Gasteiger partial charge is 0.158 e. The van der Waals surface area contributed by atoms with E-state index in [2.05, 4.69) is 29.8 Å². The lowest BCUT2D eigenvalue weighted by molar-refractivity contribution is -0.144. The summed E-state index contributed by atoms with van der Waals surface area (Å²) < 4.78 is 12.1. The van der Waals surface area contributed by atoms with Crippen molar-refractivity contribution in [1.29, 1.82) is 0 Å². The van der Waals surface area contributed by atoms with E-state index in [9.17, 15) is 0 Å². The summed E-state index contributed by atoms with van der Waals surface area (Å²) in [6.45, 7) is 6.29. The molecule has 206 valence electrons. The van der Waals surface area contributed by atoms with E-state index in [1.165, 1.54) is 154 Å². The van der Waals surface area contributed by atoms with Gasteiger partial charge in [-0.05, 0) is 12.8 Å². The molecule has 0 rings (SSSR count). The Labute approximate surface area is 224 Å². The Kier molecular flexibility index (Phi) is 31.8. The molecule has 0 atom stereocenters. The summed E-state index contributed by atoms with van der Waals surface area (Å²) >= 11 is 3.55. The topological polar surface area (TPSA) is 18.5 Å². The number of unbranched alkanes of at least 4 members (excludes halogenated alkanes) is 22. The lowest BCUT2D eigenvalue weighted by Crippen LogP contribution is -2.19. The van der Waals surface area contributed by atoms with Crippen LogP contribution in [0.1, 0.15) is 174 Å². The standard InChI is InChI=1S/C31H63BrO2/c1-3-5-7-9-11-13-15-17-19-21-23-25-29-33-31(27-28-32)34-30-26-24-22-20-18-16-14-12-10-8-6-4-2/h31H,3-30H2,1-2H3. The van der Waals surface area contributed by atoms with E-state index in [1.54, 1.807) is 0 Å². The first-order valence-corrected chi connectivity index (χ1v) is 16.8. The maximum Gasteiger partial charge on any atom is 0.158 e. The van der Waals surface area contributed by atoms with E-state index >= 15 is 0 Å². The van der Waals surface area contributed by atoms with Crippen LogP contribution in [0, 0.1) is 0 Å². The van der Waals surface area contributed by atoms with Crippen molar-refractivity contribution >= 4 is 15.9 Å². The Bertz CT molecular complexity index is 320. The molecule has 0 N–H and O–H groups in total. The van der Waals surface area contributed by atoms with E-state index < -0.39 is 0 Å². The molecule has 3 heteroatoms. The van der Waals surface area contributed by atoms with Crippen molar-refractivity contribution in [2.45, 2.75) is 181 Å². The molecule has 0 aliphatic rings. The summed E-state index contributed by atoms with van der Waals surface area (Å²) in [4.78, 5) is 0. The third kappa shape index (κ3) is 28.6. The Balaban J connectivity index is 3.38. The molecule has 0 aromatic heterocycles. The Hall–Kier alpha value is 0.400. The lowest BCUT2D eigenvalue weighted by Gasteiger charge is -2.17. The summed E-state index contributed by atoms with van der Waals surface area (Å²) in [7, 11) is 0. The Morgan fingerprint density at radius 1 is 0.412 bits per heavy atom. The molecule has 2 nitrogen and oxygen atoms in total. The Morgan fingerprint density at radius 2 is 0.676 bits per heavy atom. The van der Waals surface area contributed by atoms with Crippen molar-refractivity contribution in [3.05, 3.63) is 0 Å². The number of alkyl halides is 1. The van der Waals surface area contributed by atoms with Crippen LogP contribution < -0.4 is 0 Å². The second-order valence-electron chi connectivity index (χ2n) is 10.4. The Morgan fingerprint density at radius 3 is 0.941 bits per heavy atom. The van der Waals surface area contributed by atoms with Crippen LogP contribution in [-0.2, 0) is 9.47 Å². The van der Waals surface area contributed by atoms with E-state index in [0.29, 0.717) is 0 Å². The number of ether oxygens (including phenoxy) is 2. The lowest BCUT2D eigenvalue weighted by atomic mass is 10.1. The van der Waals surface area contributed by atoms with Gasteiger partial charge in [0, 0.05) is 25.0 Å². The maximum atomic E-state index is 6.03. The van der Waals surface area contributed by atoms with E-state index in [-0.39, 0.29) is 6.29 Å². The second kappa shape index (κ2) is 31.4. The first-order valence-electron chi connectivity index (χ1n) is 15.6. The molecule has 0 spiro atoms. The zero-order chi connectivity index (χ0) is 24.8. The molecule has 0 aliphatic heterocycles. The van der Waals surface area contributed by atoms with Gasteiger partial charge in [0.2, 0.25) is 0 Å². The molecule has 0 fully saturated rings. The van der Waals surface area contributed by atoms with Crippen LogP contribution in [0.5, 0.6) is 0 Å². The summed E-state index contributed by atoms with van der Waals surface area (Å²) in [5.41, 5.74) is 0. The molecular weight excluding hydrogens is 484 g/mol. The molecule has 0 radical (unpaired) electrons. The molecule has 0 aromatic rings. The van der Waals surface area contributed by atoms with Crippen molar-refractivity contribution in [1.82, 2.24) is 0 Å². The van der Waals surface area contributed by atoms with E-state index in [1.807, 2.05) is 0 Å². The van der Waals surface area contributed by atoms with Crippen LogP contribution in [0.3, 0.4) is 0 Å².